The highest BCUT2D eigenvalue weighted by atomic mass is 35.5. The summed E-state index contributed by atoms with van der Waals surface area (Å²) >= 11 is 13.2. The maximum Gasteiger partial charge on any atom is 0.254 e. The van der Waals surface area contributed by atoms with Crippen LogP contribution in [0.3, 0.4) is 0 Å². The molecule has 1 aliphatic heterocycles. The molecule has 0 aromatic heterocycles. The Morgan fingerprint density at radius 1 is 1.10 bits per heavy atom. The van der Waals surface area contributed by atoms with Crippen LogP contribution in [0.2, 0.25) is 10.0 Å². The van der Waals surface area contributed by atoms with E-state index in [1.807, 2.05) is 6.07 Å². The number of phenols is 1. The summed E-state index contributed by atoms with van der Waals surface area (Å²) in [4.78, 5) is 26.3. The molecule has 1 heterocycles. The first kappa shape index (κ1) is 28.9. The Labute approximate surface area is 245 Å². The number of thioether (sulfide) groups is 1. The van der Waals surface area contributed by atoms with E-state index in [1.165, 1.54) is 19.2 Å². The number of halogens is 2. The summed E-state index contributed by atoms with van der Waals surface area (Å²) in [5.41, 5.74) is 2.62. The molecule has 3 aromatic carbocycles. The van der Waals surface area contributed by atoms with Gasteiger partial charge in [-0.1, -0.05) is 59.2 Å². The summed E-state index contributed by atoms with van der Waals surface area (Å²) in [7, 11) is 1.42. The predicted molar refractivity (Wildman–Crippen MR) is 158 cm³/mol. The number of dihydropyridines is 1. The number of ether oxygens (including phenoxy) is 1. The number of anilines is 2. The van der Waals surface area contributed by atoms with Crippen molar-refractivity contribution in [2.75, 3.05) is 23.5 Å². The van der Waals surface area contributed by atoms with Crippen molar-refractivity contribution in [1.29, 1.82) is 5.26 Å². The van der Waals surface area contributed by atoms with E-state index in [2.05, 4.69) is 22.0 Å². The highest BCUT2D eigenvalue weighted by Crippen LogP contribution is 2.43. The molecule has 0 aliphatic carbocycles. The van der Waals surface area contributed by atoms with Gasteiger partial charge in [0.2, 0.25) is 5.91 Å². The van der Waals surface area contributed by atoms with E-state index in [0.717, 1.165) is 11.8 Å². The number of methoxy groups -OCH3 is 1. The van der Waals surface area contributed by atoms with E-state index in [1.54, 1.807) is 55.5 Å². The van der Waals surface area contributed by atoms with Crippen molar-refractivity contribution in [3.05, 3.63) is 104 Å². The molecule has 4 N–H and O–H groups in total. The molecule has 2 amide bonds. The molecule has 204 valence electrons. The molecule has 40 heavy (non-hydrogen) atoms. The topological polar surface area (TPSA) is 123 Å². The summed E-state index contributed by atoms with van der Waals surface area (Å²) in [5, 5.41) is 30.4. The highest BCUT2D eigenvalue weighted by Gasteiger charge is 2.35. The number of amides is 2. The summed E-state index contributed by atoms with van der Waals surface area (Å²) in [6.45, 7) is 1.73. The van der Waals surface area contributed by atoms with Crippen molar-refractivity contribution in [3.8, 4) is 17.6 Å². The summed E-state index contributed by atoms with van der Waals surface area (Å²) in [6, 6.07) is 20.6. The molecule has 3 aromatic rings. The van der Waals surface area contributed by atoms with Crippen molar-refractivity contribution >= 4 is 58.2 Å². The SMILES string of the molecule is COc1cc([C@@H]2C(C#N)=C(SCC(=O)Nc3ccc(Cl)cc3Cl)NC(C)=C2C(=O)Nc2ccccc2)ccc1O. The van der Waals surface area contributed by atoms with Crippen molar-refractivity contribution < 1.29 is 19.4 Å². The molecule has 0 bridgehead atoms. The Kier molecular flexibility index (Phi) is 9.27. The zero-order valence-electron chi connectivity index (χ0n) is 21.4. The maximum atomic E-state index is 13.6. The molecule has 0 saturated carbocycles. The first-order valence-electron chi connectivity index (χ1n) is 11.9. The van der Waals surface area contributed by atoms with Gasteiger partial charge in [-0.15, -0.1) is 0 Å². The van der Waals surface area contributed by atoms with Crippen LogP contribution in [-0.4, -0.2) is 29.8 Å². The van der Waals surface area contributed by atoms with Gasteiger partial charge in [0.15, 0.2) is 11.5 Å². The van der Waals surface area contributed by atoms with Gasteiger partial charge in [0.25, 0.3) is 5.91 Å². The van der Waals surface area contributed by atoms with Crippen LogP contribution in [0.5, 0.6) is 11.5 Å². The van der Waals surface area contributed by atoms with Gasteiger partial charge >= 0.3 is 0 Å². The average Bonchev–Trinajstić information content (AvgIpc) is 2.93. The molecule has 0 spiro atoms. The highest BCUT2D eigenvalue weighted by molar-refractivity contribution is 8.03. The van der Waals surface area contributed by atoms with Gasteiger partial charge in [0.1, 0.15) is 0 Å². The zero-order valence-corrected chi connectivity index (χ0v) is 23.7. The molecule has 1 atom stereocenters. The molecule has 8 nitrogen and oxygen atoms in total. The number of phenolic OH excluding ortho intramolecular Hbond substituents is 1. The average molecular weight is 596 g/mol. The van der Waals surface area contributed by atoms with Crippen molar-refractivity contribution in [1.82, 2.24) is 5.32 Å². The van der Waals surface area contributed by atoms with Crippen LogP contribution >= 0.6 is 35.0 Å². The predicted octanol–water partition coefficient (Wildman–Crippen LogP) is 6.41. The lowest BCUT2D eigenvalue weighted by Gasteiger charge is -2.30. The van der Waals surface area contributed by atoms with E-state index in [0.29, 0.717) is 43.3 Å². The monoisotopic (exact) mass is 594 g/mol. The lowest BCUT2D eigenvalue weighted by atomic mass is 9.82. The van der Waals surface area contributed by atoms with Gasteiger partial charge in [0.05, 0.1) is 46.2 Å². The second kappa shape index (κ2) is 12.8. The largest absolute Gasteiger partial charge is 0.504 e. The standard InChI is InChI=1S/C29H24Cl2N4O4S/c1-16-26(28(38)34-19-6-4-3-5-7-19)27(17-8-11-23(36)24(12-17)39-2)20(14-32)29(33-16)40-15-25(37)35-22-10-9-18(30)13-21(22)31/h3-13,27,33,36H,15H2,1-2H3,(H,34,38)(H,35,37)/t27-/m1/s1. The van der Waals surface area contributed by atoms with Gasteiger partial charge in [-0.2, -0.15) is 5.26 Å². The Morgan fingerprint density at radius 2 is 1.85 bits per heavy atom. The number of benzene rings is 3. The number of carbonyl (C=O) groups is 2. The fourth-order valence-electron chi connectivity index (χ4n) is 4.17. The molecular formula is C29H24Cl2N4O4S. The van der Waals surface area contributed by atoms with Crippen molar-refractivity contribution in [2.45, 2.75) is 12.8 Å². The van der Waals surface area contributed by atoms with E-state index in [4.69, 9.17) is 27.9 Å². The van der Waals surface area contributed by atoms with Gasteiger partial charge < -0.3 is 25.8 Å². The molecule has 0 unspecified atom stereocenters. The van der Waals surface area contributed by atoms with Crippen molar-refractivity contribution in [3.63, 3.8) is 0 Å². The second-order valence-corrected chi connectivity index (χ2v) is 10.5. The molecular weight excluding hydrogens is 571 g/mol. The van der Waals surface area contributed by atoms with E-state index < -0.39 is 11.8 Å². The van der Waals surface area contributed by atoms with Crippen LogP contribution in [-0.2, 0) is 9.59 Å². The molecule has 1 aliphatic rings. The molecule has 0 fully saturated rings. The number of nitrogens with zero attached hydrogens (tertiary/aromatic N) is 1. The van der Waals surface area contributed by atoms with Crippen LogP contribution in [0, 0.1) is 11.3 Å². The Balaban J connectivity index is 1.67. The Bertz CT molecular complexity index is 1570. The molecule has 0 saturated heterocycles. The van der Waals surface area contributed by atoms with Crippen LogP contribution in [0.4, 0.5) is 11.4 Å². The Hall–Kier alpha value is -4.10. The van der Waals surface area contributed by atoms with Gasteiger partial charge in [-0.3, -0.25) is 9.59 Å². The third-order valence-corrected chi connectivity index (χ3v) is 7.58. The molecule has 4 rings (SSSR count). The third-order valence-electron chi connectivity index (χ3n) is 6.01. The van der Waals surface area contributed by atoms with E-state index in [-0.39, 0.29) is 28.7 Å². The fourth-order valence-corrected chi connectivity index (χ4v) is 5.52. The van der Waals surface area contributed by atoms with Crippen LogP contribution in [0.15, 0.2) is 88.6 Å². The number of hydrogen-bond acceptors (Lipinski definition) is 7. The second-order valence-electron chi connectivity index (χ2n) is 8.66. The van der Waals surface area contributed by atoms with Crippen molar-refractivity contribution in [2.24, 2.45) is 0 Å². The number of rotatable bonds is 8. The number of para-hydroxylation sites is 1. The first-order valence-corrected chi connectivity index (χ1v) is 13.7. The lowest BCUT2D eigenvalue weighted by molar-refractivity contribution is -0.114. The number of carbonyl (C=O) groups excluding carboxylic acids is 2. The van der Waals surface area contributed by atoms with Crippen LogP contribution in [0.25, 0.3) is 0 Å². The zero-order chi connectivity index (χ0) is 28.8. The Morgan fingerprint density at radius 3 is 2.52 bits per heavy atom. The number of nitriles is 1. The third kappa shape index (κ3) is 6.54. The minimum Gasteiger partial charge on any atom is -0.504 e. The number of allylic oxidation sites excluding steroid dienone is 2. The summed E-state index contributed by atoms with van der Waals surface area (Å²) in [6.07, 6.45) is 0. The quantitative estimate of drug-likeness (QED) is 0.237. The van der Waals surface area contributed by atoms with E-state index >= 15 is 0 Å². The first-order chi connectivity index (χ1) is 19.2. The minimum atomic E-state index is -0.805. The normalized spacial score (nSPS) is 14.7. The van der Waals surface area contributed by atoms with Crippen LogP contribution < -0.4 is 20.7 Å². The number of nitrogens with one attached hydrogen (secondary N) is 3. The smallest absolute Gasteiger partial charge is 0.254 e. The fraction of sp³-hybridized carbons (Fsp3) is 0.138. The molecule has 0 radical (unpaired) electrons. The summed E-state index contributed by atoms with van der Waals surface area (Å²) < 4.78 is 5.28. The number of hydrogen-bond donors (Lipinski definition) is 4. The minimum absolute atomic E-state index is 0.0447. The summed E-state index contributed by atoms with van der Waals surface area (Å²) in [5.74, 6) is -1.48. The van der Waals surface area contributed by atoms with Gasteiger partial charge in [-0.05, 0) is 55.0 Å². The molecule has 11 heteroatoms. The van der Waals surface area contributed by atoms with E-state index in [9.17, 15) is 20.0 Å². The van der Waals surface area contributed by atoms with Crippen LogP contribution in [0.1, 0.15) is 18.4 Å². The van der Waals surface area contributed by atoms with Gasteiger partial charge in [-0.25, -0.2) is 0 Å². The van der Waals surface area contributed by atoms with Gasteiger partial charge in [0, 0.05) is 22.0 Å². The number of aromatic hydroxyl groups is 1. The lowest BCUT2D eigenvalue weighted by Crippen LogP contribution is -2.31. The maximum absolute atomic E-state index is 13.6.